The van der Waals surface area contributed by atoms with E-state index in [1.165, 1.54) is 5.56 Å². The minimum atomic E-state index is -0.208. The summed E-state index contributed by atoms with van der Waals surface area (Å²) in [6, 6.07) is 7.92. The second kappa shape index (κ2) is 5.29. The maximum absolute atomic E-state index is 11.8. The SMILES string of the molecule is Cc1ccc(CNC(=O)C2COCC2N)cc1. The molecule has 2 unspecified atom stereocenters. The van der Waals surface area contributed by atoms with E-state index in [4.69, 9.17) is 10.5 Å². The third-order valence-corrected chi connectivity index (χ3v) is 3.05. The fraction of sp³-hybridized carbons (Fsp3) is 0.462. The van der Waals surface area contributed by atoms with E-state index in [0.29, 0.717) is 19.8 Å². The Morgan fingerprint density at radius 1 is 1.41 bits per heavy atom. The molecule has 4 heteroatoms. The van der Waals surface area contributed by atoms with Gasteiger partial charge in [0, 0.05) is 12.6 Å². The van der Waals surface area contributed by atoms with Crippen LogP contribution in [0.4, 0.5) is 0 Å². The van der Waals surface area contributed by atoms with E-state index in [1.54, 1.807) is 0 Å². The summed E-state index contributed by atoms with van der Waals surface area (Å²) in [4.78, 5) is 11.8. The molecule has 2 rings (SSSR count). The highest BCUT2D eigenvalue weighted by Gasteiger charge is 2.30. The summed E-state index contributed by atoms with van der Waals surface area (Å²) in [5.74, 6) is -0.226. The molecule has 0 radical (unpaired) electrons. The molecule has 1 aliphatic rings. The first-order chi connectivity index (χ1) is 8.16. The van der Waals surface area contributed by atoms with E-state index >= 15 is 0 Å². The van der Waals surface area contributed by atoms with Crippen molar-refractivity contribution in [2.24, 2.45) is 11.7 Å². The maximum atomic E-state index is 11.8. The molecule has 1 saturated heterocycles. The number of carbonyl (C=O) groups excluding carboxylic acids is 1. The zero-order valence-corrected chi connectivity index (χ0v) is 9.98. The van der Waals surface area contributed by atoms with Crippen molar-refractivity contribution < 1.29 is 9.53 Å². The van der Waals surface area contributed by atoms with Crippen LogP contribution in [-0.2, 0) is 16.1 Å². The molecule has 0 bridgehead atoms. The third kappa shape index (κ3) is 3.05. The van der Waals surface area contributed by atoms with E-state index in [-0.39, 0.29) is 17.9 Å². The Labute approximate surface area is 101 Å². The Morgan fingerprint density at radius 2 is 2.12 bits per heavy atom. The lowest BCUT2D eigenvalue weighted by atomic mass is 10.0. The van der Waals surface area contributed by atoms with Crippen LogP contribution in [0.25, 0.3) is 0 Å². The van der Waals surface area contributed by atoms with Crippen molar-refractivity contribution in [1.29, 1.82) is 0 Å². The zero-order valence-electron chi connectivity index (χ0n) is 9.98. The van der Waals surface area contributed by atoms with Crippen molar-refractivity contribution in [2.75, 3.05) is 13.2 Å². The number of amides is 1. The molecule has 1 amide bonds. The fourth-order valence-corrected chi connectivity index (χ4v) is 1.87. The van der Waals surface area contributed by atoms with Crippen LogP contribution < -0.4 is 11.1 Å². The van der Waals surface area contributed by atoms with Crippen LogP contribution in [-0.4, -0.2) is 25.2 Å². The van der Waals surface area contributed by atoms with Gasteiger partial charge in [0.1, 0.15) is 0 Å². The van der Waals surface area contributed by atoms with Gasteiger partial charge in [0.05, 0.1) is 19.1 Å². The Balaban J connectivity index is 1.85. The molecule has 0 saturated carbocycles. The second-order valence-electron chi connectivity index (χ2n) is 4.51. The Hall–Kier alpha value is -1.39. The summed E-state index contributed by atoms with van der Waals surface area (Å²) in [5, 5.41) is 2.89. The standard InChI is InChI=1S/C13H18N2O2/c1-9-2-4-10(5-3-9)6-15-13(16)11-7-17-8-12(11)14/h2-5,11-12H,6-8,14H2,1H3,(H,15,16). The first-order valence-electron chi connectivity index (χ1n) is 5.83. The summed E-state index contributed by atoms with van der Waals surface area (Å²) in [7, 11) is 0. The van der Waals surface area contributed by atoms with Gasteiger partial charge >= 0.3 is 0 Å². The monoisotopic (exact) mass is 234 g/mol. The number of hydrogen-bond donors (Lipinski definition) is 2. The number of carbonyl (C=O) groups is 1. The smallest absolute Gasteiger partial charge is 0.227 e. The van der Waals surface area contributed by atoms with Gasteiger partial charge in [-0.15, -0.1) is 0 Å². The van der Waals surface area contributed by atoms with Gasteiger partial charge in [0.25, 0.3) is 0 Å². The van der Waals surface area contributed by atoms with Gasteiger partial charge in [-0.05, 0) is 12.5 Å². The molecule has 0 aliphatic carbocycles. The lowest BCUT2D eigenvalue weighted by molar-refractivity contribution is -0.125. The maximum Gasteiger partial charge on any atom is 0.227 e. The molecule has 1 heterocycles. The molecule has 1 aliphatic heterocycles. The van der Waals surface area contributed by atoms with Gasteiger partial charge in [0.2, 0.25) is 5.91 Å². The largest absolute Gasteiger partial charge is 0.379 e. The molecule has 4 nitrogen and oxygen atoms in total. The number of nitrogens with two attached hydrogens (primary N) is 1. The molecule has 17 heavy (non-hydrogen) atoms. The van der Waals surface area contributed by atoms with E-state index in [2.05, 4.69) is 5.32 Å². The molecule has 2 atom stereocenters. The summed E-state index contributed by atoms with van der Waals surface area (Å²) in [5.41, 5.74) is 8.09. The van der Waals surface area contributed by atoms with Crippen LogP contribution in [0.5, 0.6) is 0 Å². The van der Waals surface area contributed by atoms with E-state index in [1.807, 2.05) is 31.2 Å². The van der Waals surface area contributed by atoms with Crippen molar-refractivity contribution in [3.63, 3.8) is 0 Å². The Bertz CT molecular complexity index is 389. The zero-order chi connectivity index (χ0) is 12.3. The fourth-order valence-electron chi connectivity index (χ4n) is 1.87. The van der Waals surface area contributed by atoms with Crippen molar-refractivity contribution >= 4 is 5.91 Å². The van der Waals surface area contributed by atoms with Crippen LogP contribution in [0.2, 0.25) is 0 Å². The topological polar surface area (TPSA) is 64.3 Å². The first-order valence-corrected chi connectivity index (χ1v) is 5.83. The number of hydrogen-bond acceptors (Lipinski definition) is 3. The molecule has 3 N–H and O–H groups in total. The number of nitrogens with one attached hydrogen (secondary N) is 1. The van der Waals surface area contributed by atoms with E-state index < -0.39 is 0 Å². The average Bonchev–Trinajstić information content (AvgIpc) is 2.74. The van der Waals surface area contributed by atoms with Crippen molar-refractivity contribution in [2.45, 2.75) is 19.5 Å². The molecule has 1 fully saturated rings. The predicted octanol–water partition coefficient (Wildman–Crippen LogP) is 0.585. The van der Waals surface area contributed by atoms with Crippen LogP contribution in [0.15, 0.2) is 24.3 Å². The molecule has 0 aromatic heterocycles. The highest BCUT2D eigenvalue weighted by molar-refractivity contribution is 5.79. The highest BCUT2D eigenvalue weighted by Crippen LogP contribution is 2.12. The first kappa shape index (κ1) is 12.1. The van der Waals surface area contributed by atoms with Crippen molar-refractivity contribution in [3.05, 3.63) is 35.4 Å². The minimum Gasteiger partial charge on any atom is -0.379 e. The van der Waals surface area contributed by atoms with Gasteiger partial charge in [0.15, 0.2) is 0 Å². The van der Waals surface area contributed by atoms with Crippen LogP contribution in [0.1, 0.15) is 11.1 Å². The van der Waals surface area contributed by atoms with Gasteiger partial charge in [-0.2, -0.15) is 0 Å². The molecular formula is C13H18N2O2. The van der Waals surface area contributed by atoms with Crippen molar-refractivity contribution in [1.82, 2.24) is 5.32 Å². The lowest BCUT2D eigenvalue weighted by Crippen LogP contribution is -2.40. The van der Waals surface area contributed by atoms with Gasteiger partial charge in [-0.3, -0.25) is 4.79 Å². The second-order valence-corrected chi connectivity index (χ2v) is 4.51. The number of aryl methyl sites for hydroxylation is 1. The number of benzene rings is 1. The molecule has 1 aromatic carbocycles. The molecule has 0 spiro atoms. The molecule has 1 aromatic rings. The van der Waals surface area contributed by atoms with E-state index in [9.17, 15) is 4.79 Å². The van der Waals surface area contributed by atoms with Crippen LogP contribution in [0.3, 0.4) is 0 Å². The minimum absolute atomic E-state index is 0.0180. The normalized spacial score (nSPS) is 23.6. The number of rotatable bonds is 3. The molecule has 92 valence electrons. The number of ether oxygens (including phenoxy) is 1. The Kier molecular flexibility index (Phi) is 3.76. The average molecular weight is 234 g/mol. The third-order valence-electron chi connectivity index (χ3n) is 3.05. The van der Waals surface area contributed by atoms with Gasteiger partial charge in [-0.1, -0.05) is 29.8 Å². The van der Waals surface area contributed by atoms with Gasteiger partial charge < -0.3 is 15.8 Å². The summed E-state index contributed by atoms with van der Waals surface area (Å²) in [6.07, 6.45) is 0. The summed E-state index contributed by atoms with van der Waals surface area (Å²) < 4.78 is 5.17. The Morgan fingerprint density at radius 3 is 2.71 bits per heavy atom. The summed E-state index contributed by atoms with van der Waals surface area (Å²) in [6.45, 7) is 3.49. The lowest BCUT2D eigenvalue weighted by Gasteiger charge is -2.13. The van der Waals surface area contributed by atoms with Crippen LogP contribution >= 0.6 is 0 Å². The quantitative estimate of drug-likeness (QED) is 0.804. The predicted molar refractivity (Wildman–Crippen MR) is 65.3 cm³/mol. The summed E-state index contributed by atoms with van der Waals surface area (Å²) >= 11 is 0. The highest BCUT2D eigenvalue weighted by atomic mass is 16.5. The van der Waals surface area contributed by atoms with E-state index in [0.717, 1.165) is 5.56 Å². The van der Waals surface area contributed by atoms with Crippen molar-refractivity contribution in [3.8, 4) is 0 Å². The molecular weight excluding hydrogens is 216 g/mol. The van der Waals surface area contributed by atoms with Crippen LogP contribution in [0, 0.1) is 12.8 Å². The van der Waals surface area contributed by atoms with Gasteiger partial charge in [-0.25, -0.2) is 0 Å².